The van der Waals surface area contributed by atoms with Crippen molar-refractivity contribution in [3.63, 3.8) is 0 Å². The fraction of sp³-hybridized carbons (Fsp3) is 0.692. The van der Waals surface area contributed by atoms with Crippen molar-refractivity contribution >= 4 is 11.9 Å². The SMILES string of the molecule is CCCN(CC1CC1)C(=O)C(C)=C(C)C(=O)O. The van der Waals surface area contributed by atoms with Gasteiger partial charge in [-0.25, -0.2) is 4.79 Å². The van der Waals surface area contributed by atoms with E-state index in [1.165, 1.54) is 19.8 Å². The molecule has 1 fully saturated rings. The molecule has 1 aliphatic rings. The molecule has 0 aromatic carbocycles. The van der Waals surface area contributed by atoms with Crippen LogP contribution in [-0.4, -0.2) is 35.0 Å². The minimum Gasteiger partial charge on any atom is -0.478 e. The second-order valence-electron chi connectivity index (χ2n) is 4.75. The van der Waals surface area contributed by atoms with Crippen molar-refractivity contribution in [1.82, 2.24) is 4.90 Å². The Labute approximate surface area is 102 Å². The van der Waals surface area contributed by atoms with Gasteiger partial charge in [0.1, 0.15) is 0 Å². The fourth-order valence-electron chi connectivity index (χ4n) is 1.72. The van der Waals surface area contributed by atoms with E-state index in [1.54, 1.807) is 11.8 Å². The van der Waals surface area contributed by atoms with Gasteiger partial charge in [-0.2, -0.15) is 0 Å². The van der Waals surface area contributed by atoms with E-state index < -0.39 is 5.97 Å². The molecule has 1 amide bonds. The van der Waals surface area contributed by atoms with Crippen LogP contribution in [0.5, 0.6) is 0 Å². The molecule has 0 heterocycles. The summed E-state index contributed by atoms with van der Waals surface area (Å²) in [6.45, 7) is 6.59. The number of hydrogen-bond acceptors (Lipinski definition) is 2. The molecule has 96 valence electrons. The molecule has 1 saturated carbocycles. The third-order valence-electron chi connectivity index (χ3n) is 3.16. The monoisotopic (exact) mass is 239 g/mol. The Morgan fingerprint density at radius 1 is 1.24 bits per heavy atom. The van der Waals surface area contributed by atoms with Gasteiger partial charge >= 0.3 is 5.97 Å². The zero-order valence-electron chi connectivity index (χ0n) is 10.8. The number of aliphatic carboxylic acids is 1. The average molecular weight is 239 g/mol. The molecule has 0 spiro atoms. The van der Waals surface area contributed by atoms with Gasteiger partial charge in [0.05, 0.1) is 0 Å². The van der Waals surface area contributed by atoms with E-state index >= 15 is 0 Å². The quantitative estimate of drug-likeness (QED) is 0.722. The third-order valence-corrected chi connectivity index (χ3v) is 3.16. The van der Waals surface area contributed by atoms with Crippen LogP contribution in [-0.2, 0) is 9.59 Å². The van der Waals surface area contributed by atoms with Crippen molar-refractivity contribution in [3.05, 3.63) is 11.1 Å². The smallest absolute Gasteiger partial charge is 0.331 e. The molecule has 0 unspecified atom stereocenters. The maximum Gasteiger partial charge on any atom is 0.331 e. The molecule has 4 heteroatoms. The standard InChI is InChI=1S/C13H21NO3/c1-4-7-14(8-11-5-6-11)12(15)9(2)10(3)13(16)17/h11H,4-8H2,1-3H3,(H,16,17). The first-order chi connectivity index (χ1) is 7.97. The summed E-state index contributed by atoms with van der Waals surface area (Å²) in [6, 6.07) is 0. The van der Waals surface area contributed by atoms with Crippen molar-refractivity contribution in [1.29, 1.82) is 0 Å². The summed E-state index contributed by atoms with van der Waals surface area (Å²) in [5.41, 5.74) is 0.499. The summed E-state index contributed by atoms with van der Waals surface area (Å²) in [7, 11) is 0. The highest BCUT2D eigenvalue weighted by atomic mass is 16.4. The second kappa shape index (κ2) is 5.84. The van der Waals surface area contributed by atoms with E-state index in [-0.39, 0.29) is 11.5 Å². The van der Waals surface area contributed by atoms with Crippen molar-refractivity contribution in [2.75, 3.05) is 13.1 Å². The molecule has 0 bridgehead atoms. The number of carboxylic acids is 1. The average Bonchev–Trinajstić information content (AvgIpc) is 3.09. The molecule has 1 N–H and O–H groups in total. The van der Waals surface area contributed by atoms with E-state index in [0.29, 0.717) is 18.0 Å². The van der Waals surface area contributed by atoms with E-state index in [9.17, 15) is 9.59 Å². The predicted molar refractivity (Wildman–Crippen MR) is 65.6 cm³/mol. The van der Waals surface area contributed by atoms with Gasteiger partial charge in [-0.1, -0.05) is 6.92 Å². The molecule has 0 aromatic rings. The Hall–Kier alpha value is -1.32. The number of carbonyl (C=O) groups excluding carboxylic acids is 1. The lowest BCUT2D eigenvalue weighted by molar-refractivity contribution is -0.134. The minimum absolute atomic E-state index is 0.126. The van der Waals surface area contributed by atoms with Gasteiger partial charge in [0.2, 0.25) is 5.91 Å². The van der Waals surface area contributed by atoms with Crippen LogP contribution >= 0.6 is 0 Å². The van der Waals surface area contributed by atoms with E-state index in [2.05, 4.69) is 0 Å². The molecule has 17 heavy (non-hydrogen) atoms. The topological polar surface area (TPSA) is 57.6 Å². The Kier molecular flexibility index (Phi) is 4.73. The van der Waals surface area contributed by atoms with Gasteiger partial charge in [-0.15, -0.1) is 0 Å². The van der Waals surface area contributed by atoms with Crippen LogP contribution < -0.4 is 0 Å². The molecule has 0 aromatic heterocycles. The second-order valence-corrected chi connectivity index (χ2v) is 4.75. The summed E-state index contributed by atoms with van der Waals surface area (Å²) in [4.78, 5) is 24.8. The lowest BCUT2D eigenvalue weighted by atomic mass is 10.1. The fourth-order valence-corrected chi connectivity index (χ4v) is 1.72. The summed E-state index contributed by atoms with van der Waals surface area (Å²) in [5, 5.41) is 8.88. The Morgan fingerprint density at radius 2 is 1.82 bits per heavy atom. The molecule has 1 rings (SSSR count). The highest BCUT2D eigenvalue weighted by Gasteiger charge is 2.27. The van der Waals surface area contributed by atoms with Gasteiger partial charge in [0, 0.05) is 24.2 Å². The first-order valence-corrected chi connectivity index (χ1v) is 6.17. The molecule has 0 aliphatic heterocycles. The number of hydrogen-bond donors (Lipinski definition) is 1. The van der Waals surface area contributed by atoms with Gasteiger partial charge in [-0.3, -0.25) is 4.79 Å². The highest BCUT2D eigenvalue weighted by Crippen LogP contribution is 2.30. The van der Waals surface area contributed by atoms with Crippen LogP contribution in [0.4, 0.5) is 0 Å². The molecule has 0 radical (unpaired) electrons. The van der Waals surface area contributed by atoms with Gasteiger partial charge in [0.25, 0.3) is 0 Å². The number of amides is 1. The maximum absolute atomic E-state index is 12.1. The first kappa shape index (κ1) is 13.7. The van der Waals surface area contributed by atoms with E-state index in [0.717, 1.165) is 13.0 Å². The van der Waals surface area contributed by atoms with Crippen molar-refractivity contribution in [2.24, 2.45) is 5.92 Å². The minimum atomic E-state index is -1.02. The van der Waals surface area contributed by atoms with Gasteiger partial charge in [-0.05, 0) is 39.0 Å². The summed E-state index contributed by atoms with van der Waals surface area (Å²) in [5.74, 6) is -0.513. The molecule has 0 atom stereocenters. The van der Waals surface area contributed by atoms with Crippen molar-refractivity contribution < 1.29 is 14.7 Å². The molecular weight excluding hydrogens is 218 g/mol. The summed E-state index contributed by atoms with van der Waals surface area (Å²) >= 11 is 0. The number of rotatable bonds is 6. The van der Waals surface area contributed by atoms with Gasteiger partial charge < -0.3 is 10.0 Å². The van der Waals surface area contributed by atoms with Gasteiger partial charge in [0.15, 0.2) is 0 Å². The molecule has 1 aliphatic carbocycles. The number of nitrogens with zero attached hydrogens (tertiary/aromatic N) is 1. The number of carboxylic acid groups (broad SMARTS) is 1. The Bertz CT molecular complexity index is 343. The van der Waals surface area contributed by atoms with Crippen LogP contribution in [0.2, 0.25) is 0 Å². The van der Waals surface area contributed by atoms with E-state index in [1.807, 2.05) is 6.92 Å². The van der Waals surface area contributed by atoms with Crippen LogP contribution in [0, 0.1) is 5.92 Å². The zero-order valence-corrected chi connectivity index (χ0v) is 10.8. The van der Waals surface area contributed by atoms with Crippen LogP contribution in [0.15, 0.2) is 11.1 Å². The molecule has 4 nitrogen and oxygen atoms in total. The largest absolute Gasteiger partial charge is 0.478 e. The van der Waals surface area contributed by atoms with Crippen LogP contribution in [0.1, 0.15) is 40.0 Å². The Balaban J connectivity index is 2.75. The van der Waals surface area contributed by atoms with Crippen molar-refractivity contribution in [3.8, 4) is 0 Å². The van der Waals surface area contributed by atoms with Crippen LogP contribution in [0.3, 0.4) is 0 Å². The zero-order chi connectivity index (χ0) is 13.0. The third kappa shape index (κ3) is 3.88. The molecule has 0 saturated heterocycles. The maximum atomic E-state index is 12.1. The predicted octanol–water partition coefficient (Wildman–Crippen LogP) is 2.06. The lowest BCUT2D eigenvalue weighted by Gasteiger charge is -2.22. The van der Waals surface area contributed by atoms with Crippen LogP contribution in [0.25, 0.3) is 0 Å². The van der Waals surface area contributed by atoms with Crippen molar-refractivity contribution in [2.45, 2.75) is 40.0 Å². The Morgan fingerprint density at radius 3 is 2.24 bits per heavy atom. The summed E-state index contributed by atoms with van der Waals surface area (Å²) in [6.07, 6.45) is 3.28. The highest BCUT2D eigenvalue weighted by molar-refractivity contribution is 6.01. The molecular formula is C13H21NO3. The number of carbonyl (C=O) groups is 2. The first-order valence-electron chi connectivity index (χ1n) is 6.17. The van der Waals surface area contributed by atoms with E-state index in [4.69, 9.17) is 5.11 Å². The summed E-state index contributed by atoms with van der Waals surface area (Å²) < 4.78 is 0. The normalized spacial score (nSPS) is 16.4. The lowest BCUT2D eigenvalue weighted by Crippen LogP contribution is -2.34.